The minimum Gasteiger partial charge on any atom is -0.506 e. The van der Waals surface area contributed by atoms with Crippen LogP contribution in [0.15, 0.2) is 30.7 Å². The molecule has 110 valence electrons. The molecular weight excluding hydrogens is 292 g/mol. The zero-order valence-electron chi connectivity index (χ0n) is 10.8. The van der Waals surface area contributed by atoms with Crippen molar-refractivity contribution in [3.63, 3.8) is 0 Å². The Labute approximate surface area is 123 Å². The zero-order chi connectivity index (χ0) is 16.3. The van der Waals surface area contributed by atoms with Crippen LogP contribution in [0.5, 0.6) is 11.5 Å². The van der Waals surface area contributed by atoms with Crippen LogP contribution in [-0.2, 0) is 0 Å². The Kier molecular flexibility index (Phi) is 3.86. The fraction of sp³-hybridized carbons (Fsp3) is 0. The molecule has 9 nitrogen and oxygen atoms in total. The maximum Gasteiger partial charge on any atom is 0.315 e. The molecule has 0 amide bonds. The normalized spacial score (nSPS) is 11.4. The summed E-state index contributed by atoms with van der Waals surface area (Å²) in [5.74, 6) is -2.37. The lowest BCUT2D eigenvalue weighted by Gasteiger charge is -2.06. The van der Waals surface area contributed by atoms with Gasteiger partial charge in [-0.25, -0.2) is 0 Å². The van der Waals surface area contributed by atoms with Crippen molar-refractivity contribution in [1.29, 1.82) is 5.26 Å². The summed E-state index contributed by atoms with van der Waals surface area (Å²) in [7, 11) is 0. The van der Waals surface area contributed by atoms with E-state index in [1.54, 1.807) is 6.07 Å². The third-order valence-corrected chi connectivity index (χ3v) is 2.71. The molecule has 0 saturated carbocycles. The van der Waals surface area contributed by atoms with Crippen LogP contribution in [0.3, 0.4) is 0 Å². The number of phenols is 2. The van der Waals surface area contributed by atoms with Gasteiger partial charge in [0.05, 0.1) is 11.1 Å². The van der Waals surface area contributed by atoms with Crippen molar-refractivity contribution in [2.75, 3.05) is 0 Å². The molecule has 3 N–H and O–H groups in total. The number of nitrogens with zero attached hydrogens (tertiary/aromatic N) is 4. The maximum absolute atomic E-state index is 10.8. The summed E-state index contributed by atoms with van der Waals surface area (Å²) < 4.78 is 0. The largest absolute Gasteiger partial charge is 0.506 e. The van der Waals surface area contributed by atoms with Crippen LogP contribution in [0.1, 0.15) is 11.3 Å². The number of aliphatic hydroxyl groups excluding tert-OH is 1. The Morgan fingerprint density at radius 2 is 2.05 bits per heavy atom. The topological polar surface area (TPSA) is 153 Å². The Morgan fingerprint density at radius 1 is 1.32 bits per heavy atom. The van der Waals surface area contributed by atoms with Crippen LogP contribution in [0.4, 0.5) is 5.69 Å². The van der Waals surface area contributed by atoms with Crippen molar-refractivity contribution in [1.82, 2.24) is 9.97 Å². The second-order valence-corrected chi connectivity index (χ2v) is 4.05. The van der Waals surface area contributed by atoms with Crippen molar-refractivity contribution >= 4 is 17.0 Å². The van der Waals surface area contributed by atoms with E-state index in [0.717, 1.165) is 12.1 Å². The van der Waals surface area contributed by atoms with Gasteiger partial charge in [0.15, 0.2) is 5.75 Å². The Morgan fingerprint density at radius 3 is 2.59 bits per heavy atom. The van der Waals surface area contributed by atoms with Gasteiger partial charge in [0.2, 0.25) is 5.75 Å². The second-order valence-electron chi connectivity index (χ2n) is 4.05. The number of hydrogen-bond acceptors (Lipinski definition) is 8. The molecular formula is C13H8N4O5. The second kappa shape index (κ2) is 5.76. The summed E-state index contributed by atoms with van der Waals surface area (Å²) in [6.07, 6.45) is 3.90. The highest BCUT2D eigenvalue weighted by Gasteiger charge is 2.22. The van der Waals surface area contributed by atoms with E-state index in [9.17, 15) is 25.4 Å². The summed E-state index contributed by atoms with van der Waals surface area (Å²) >= 11 is 0. The fourth-order valence-electron chi connectivity index (χ4n) is 1.68. The first-order valence-electron chi connectivity index (χ1n) is 5.76. The number of rotatable bonds is 3. The van der Waals surface area contributed by atoms with Gasteiger partial charge >= 0.3 is 5.69 Å². The smallest absolute Gasteiger partial charge is 0.315 e. The van der Waals surface area contributed by atoms with Crippen molar-refractivity contribution < 1.29 is 20.2 Å². The van der Waals surface area contributed by atoms with Crippen LogP contribution < -0.4 is 0 Å². The third-order valence-electron chi connectivity index (χ3n) is 2.71. The molecule has 0 aliphatic carbocycles. The highest BCUT2D eigenvalue weighted by molar-refractivity contribution is 5.93. The van der Waals surface area contributed by atoms with Gasteiger partial charge in [-0.3, -0.25) is 20.1 Å². The molecule has 0 radical (unpaired) electrons. The van der Waals surface area contributed by atoms with Crippen LogP contribution in [0.25, 0.3) is 11.3 Å². The zero-order valence-corrected chi connectivity index (χ0v) is 10.8. The number of aliphatic hydroxyl groups is 1. The molecule has 0 fully saturated rings. The van der Waals surface area contributed by atoms with E-state index >= 15 is 0 Å². The fourth-order valence-corrected chi connectivity index (χ4v) is 1.68. The summed E-state index contributed by atoms with van der Waals surface area (Å²) in [5.41, 5.74) is -1.26. The Hall–Kier alpha value is -3.67. The molecule has 2 rings (SSSR count). The quantitative estimate of drug-likeness (QED) is 0.254. The predicted octanol–water partition coefficient (Wildman–Crippen LogP) is 1.75. The molecule has 2 aromatic rings. The molecule has 1 aromatic heterocycles. The Bertz CT molecular complexity index is 811. The van der Waals surface area contributed by atoms with Crippen LogP contribution in [0, 0.1) is 21.4 Å². The number of nitro groups is 1. The van der Waals surface area contributed by atoms with Crippen molar-refractivity contribution in [3.05, 3.63) is 52.1 Å². The van der Waals surface area contributed by atoms with Gasteiger partial charge in [-0.05, 0) is 6.07 Å². The SMILES string of the molecule is N#CC(=C(O)c1cc(O)c(O)c([N+](=O)[O-])c1)c1cnccn1. The first-order chi connectivity index (χ1) is 10.5. The maximum atomic E-state index is 10.8. The first kappa shape index (κ1) is 14.7. The van der Waals surface area contributed by atoms with Gasteiger partial charge in [0, 0.05) is 24.0 Å². The summed E-state index contributed by atoms with van der Waals surface area (Å²) in [5, 5.41) is 49.0. The highest BCUT2D eigenvalue weighted by atomic mass is 16.6. The van der Waals surface area contributed by atoms with Gasteiger partial charge in [-0.2, -0.15) is 5.26 Å². The number of allylic oxidation sites excluding steroid dienone is 1. The van der Waals surface area contributed by atoms with Gasteiger partial charge in [-0.15, -0.1) is 0 Å². The molecule has 0 saturated heterocycles. The van der Waals surface area contributed by atoms with E-state index in [2.05, 4.69) is 9.97 Å². The number of aromatic hydroxyl groups is 2. The monoisotopic (exact) mass is 300 g/mol. The summed E-state index contributed by atoms with van der Waals surface area (Å²) in [6, 6.07) is 3.44. The standard InChI is InChI=1S/C13H8N4O5/c14-5-8(9-6-15-1-2-16-9)12(19)7-3-10(17(21)22)13(20)11(18)4-7/h1-4,6,18-20H. The number of aromatic nitrogens is 2. The third kappa shape index (κ3) is 2.61. The molecule has 9 heteroatoms. The average Bonchev–Trinajstić information content (AvgIpc) is 2.51. The number of nitriles is 1. The Balaban J connectivity index is 2.67. The number of phenolic OH excluding ortho intramolecular Hbond substituents is 2. The van der Waals surface area contributed by atoms with Crippen LogP contribution >= 0.6 is 0 Å². The van der Waals surface area contributed by atoms with Crippen molar-refractivity contribution in [2.24, 2.45) is 0 Å². The van der Waals surface area contributed by atoms with Crippen molar-refractivity contribution in [2.45, 2.75) is 0 Å². The van der Waals surface area contributed by atoms with E-state index in [1.807, 2.05) is 0 Å². The number of hydrogen-bond donors (Lipinski definition) is 3. The molecule has 0 spiro atoms. The van der Waals surface area contributed by atoms with E-state index in [0.29, 0.717) is 0 Å². The van der Waals surface area contributed by atoms with Gasteiger partial charge in [-0.1, -0.05) is 0 Å². The lowest BCUT2D eigenvalue weighted by atomic mass is 10.1. The number of benzene rings is 1. The van der Waals surface area contributed by atoms with Gasteiger partial charge in [0.1, 0.15) is 23.1 Å². The molecule has 22 heavy (non-hydrogen) atoms. The first-order valence-corrected chi connectivity index (χ1v) is 5.76. The van der Waals surface area contributed by atoms with Crippen molar-refractivity contribution in [3.8, 4) is 17.6 Å². The van der Waals surface area contributed by atoms with E-state index < -0.39 is 27.9 Å². The van der Waals surface area contributed by atoms with E-state index in [1.165, 1.54) is 18.6 Å². The average molecular weight is 300 g/mol. The van der Waals surface area contributed by atoms with Crippen LogP contribution in [0.2, 0.25) is 0 Å². The molecule has 0 atom stereocenters. The molecule has 1 aromatic carbocycles. The highest BCUT2D eigenvalue weighted by Crippen LogP contribution is 2.38. The summed E-state index contributed by atoms with van der Waals surface area (Å²) in [4.78, 5) is 17.5. The predicted molar refractivity (Wildman–Crippen MR) is 73.5 cm³/mol. The van der Waals surface area contributed by atoms with Gasteiger partial charge < -0.3 is 15.3 Å². The molecule has 0 unspecified atom stereocenters. The summed E-state index contributed by atoms with van der Waals surface area (Å²) in [6.45, 7) is 0. The van der Waals surface area contributed by atoms with E-state index in [-0.39, 0.29) is 16.8 Å². The molecule has 0 aliphatic rings. The molecule has 0 aliphatic heterocycles. The minimum atomic E-state index is -0.931. The molecule has 1 heterocycles. The van der Waals surface area contributed by atoms with E-state index in [4.69, 9.17) is 5.26 Å². The lowest BCUT2D eigenvalue weighted by molar-refractivity contribution is -0.386. The molecule has 0 bridgehead atoms. The van der Waals surface area contributed by atoms with Crippen LogP contribution in [-0.4, -0.2) is 30.2 Å². The van der Waals surface area contributed by atoms with Gasteiger partial charge in [0.25, 0.3) is 0 Å². The lowest BCUT2D eigenvalue weighted by Crippen LogP contribution is -1.96. The minimum absolute atomic E-state index is 0.0534. The number of nitro benzene ring substituents is 1.